The number of halogens is 2. The first-order valence-corrected chi connectivity index (χ1v) is 6.55. The quantitative estimate of drug-likeness (QED) is 0.582. The van der Waals surface area contributed by atoms with Gasteiger partial charge in [0.2, 0.25) is 5.95 Å². The van der Waals surface area contributed by atoms with Gasteiger partial charge >= 0.3 is 0 Å². The van der Waals surface area contributed by atoms with Gasteiger partial charge in [-0.25, -0.2) is 9.97 Å². The second-order valence-electron chi connectivity index (χ2n) is 3.93. The Balaban J connectivity index is 2.08. The number of rotatable bonds is 1. The molecule has 1 fully saturated rings. The third-order valence-corrected chi connectivity index (χ3v) is 3.90. The molecular formula is C10H13ClIN3. The minimum Gasteiger partial charge on any atom is -0.340 e. The molecule has 82 valence electrons. The van der Waals surface area contributed by atoms with Crippen LogP contribution >= 0.6 is 34.2 Å². The Morgan fingerprint density at radius 2 is 2.13 bits per heavy atom. The first-order valence-electron chi connectivity index (χ1n) is 5.03. The van der Waals surface area contributed by atoms with E-state index in [2.05, 4.69) is 44.4 Å². The van der Waals surface area contributed by atoms with Crippen molar-refractivity contribution in [3.05, 3.63) is 16.0 Å². The van der Waals surface area contributed by atoms with Gasteiger partial charge in [-0.2, -0.15) is 0 Å². The van der Waals surface area contributed by atoms with Crippen LogP contribution in [0.5, 0.6) is 0 Å². The highest BCUT2D eigenvalue weighted by Crippen LogP contribution is 2.24. The summed E-state index contributed by atoms with van der Waals surface area (Å²) in [4.78, 5) is 10.9. The number of aromatic nitrogens is 2. The predicted molar refractivity (Wildman–Crippen MR) is 70.4 cm³/mol. The molecule has 1 saturated heterocycles. The first kappa shape index (κ1) is 11.4. The van der Waals surface area contributed by atoms with Crippen molar-refractivity contribution in [2.45, 2.75) is 18.7 Å². The summed E-state index contributed by atoms with van der Waals surface area (Å²) in [6.45, 7) is 4.09. The van der Waals surface area contributed by atoms with Crippen LogP contribution in [0.15, 0.2) is 12.4 Å². The van der Waals surface area contributed by atoms with E-state index in [1.165, 1.54) is 0 Å². The van der Waals surface area contributed by atoms with Gasteiger partial charge in [-0.05, 0) is 34.9 Å². The lowest BCUT2D eigenvalue weighted by Gasteiger charge is -2.33. The molecule has 2 heterocycles. The van der Waals surface area contributed by atoms with Crippen LogP contribution in [0.4, 0.5) is 5.95 Å². The Morgan fingerprint density at radius 1 is 1.47 bits per heavy atom. The Labute approximate surface area is 108 Å². The normalized spacial score (nSPS) is 26.7. The zero-order valence-corrected chi connectivity index (χ0v) is 11.4. The van der Waals surface area contributed by atoms with Crippen LogP contribution in [0, 0.1) is 9.49 Å². The standard InChI is InChI=1S/C10H13ClIN3/c1-7-6-15(3-2-9(7)11)10-13-4-8(12)5-14-10/h4-5,7,9H,2-3,6H2,1H3. The lowest BCUT2D eigenvalue weighted by molar-refractivity contribution is 0.449. The molecule has 0 aliphatic carbocycles. The largest absolute Gasteiger partial charge is 0.340 e. The fourth-order valence-electron chi connectivity index (χ4n) is 1.77. The summed E-state index contributed by atoms with van der Waals surface area (Å²) in [5, 5.41) is 0.296. The highest BCUT2D eigenvalue weighted by Gasteiger charge is 2.25. The molecule has 0 saturated carbocycles. The maximum Gasteiger partial charge on any atom is 0.225 e. The lowest BCUT2D eigenvalue weighted by Crippen LogP contribution is -2.40. The number of hydrogen-bond acceptors (Lipinski definition) is 3. The Hall–Kier alpha value is -0.100. The minimum absolute atomic E-state index is 0.296. The fourth-order valence-corrected chi connectivity index (χ4v) is 2.22. The first-order chi connectivity index (χ1) is 7.16. The van der Waals surface area contributed by atoms with Crippen molar-refractivity contribution >= 4 is 40.1 Å². The molecule has 3 nitrogen and oxygen atoms in total. The maximum atomic E-state index is 6.18. The Bertz CT molecular complexity index is 330. The summed E-state index contributed by atoms with van der Waals surface area (Å²) in [6, 6.07) is 0. The van der Waals surface area contributed by atoms with Crippen molar-refractivity contribution in [2.24, 2.45) is 5.92 Å². The maximum absolute atomic E-state index is 6.18. The zero-order chi connectivity index (χ0) is 10.8. The van der Waals surface area contributed by atoms with Crippen LogP contribution in [-0.4, -0.2) is 28.4 Å². The third-order valence-electron chi connectivity index (χ3n) is 2.69. The van der Waals surface area contributed by atoms with E-state index in [0.29, 0.717) is 11.3 Å². The molecule has 1 aromatic rings. The van der Waals surface area contributed by atoms with Crippen LogP contribution in [0.1, 0.15) is 13.3 Å². The van der Waals surface area contributed by atoms with E-state index in [1.54, 1.807) is 0 Å². The highest BCUT2D eigenvalue weighted by molar-refractivity contribution is 14.1. The molecule has 2 atom stereocenters. The van der Waals surface area contributed by atoms with Gasteiger partial charge in [0.25, 0.3) is 0 Å². The summed E-state index contributed by atoms with van der Waals surface area (Å²) in [5.41, 5.74) is 0. The Kier molecular flexibility index (Phi) is 3.66. The van der Waals surface area contributed by atoms with Crippen molar-refractivity contribution in [1.29, 1.82) is 0 Å². The van der Waals surface area contributed by atoms with Crippen LogP contribution in [0.2, 0.25) is 0 Å². The fraction of sp³-hybridized carbons (Fsp3) is 0.600. The van der Waals surface area contributed by atoms with Gasteiger partial charge in [-0.3, -0.25) is 0 Å². The summed E-state index contributed by atoms with van der Waals surface area (Å²) < 4.78 is 1.07. The van der Waals surface area contributed by atoms with E-state index in [4.69, 9.17) is 11.6 Å². The topological polar surface area (TPSA) is 29.0 Å². The van der Waals surface area contributed by atoms with Crippen LogP contribution in [0.3, 0.4) is 0 Å². The molecule has 0 N–H and O–H groups in total. The average molecular weight is 338 g/mol. The molecule has 2 unspecified atom stereocenters. The monoisotopic (exact) mass is 337 g/mol. The summed E-state index contributed by atoms with van der Waals surface area (Å²) in [5.74, 6) is 1.33. The van der Waals surface area contributed by atoms with E-state index in [-0.39, 0.29) is 0 Å². The van der Waals surface area contributed by atoms with E-state index in [0.717, 1.165) is 29.0 Å². The molecule has 2 rings (SSSR count). The molecule has 0 aromatic carbocycles. The van der Waals surface area contributed by atoms with E-state index < -0.39 is 0 Å². The molecule has 0 amide bonds. The van der Waals surface area contributed by atoms with Crippen molar-refractivity contribution in [3.63, 3.8) is 0 Å². The van der Waals surface area contributed by atoms with E-state index in [1.807, 2.05) is 12.4 Å². The van der Waals surface area contributed by atoms with Gasteiger partial charge in [-0.15, -0.1) is 11.6 Å². The average Bonchev–Trinajstić information content (AvgIpc) is 2.23. The molecule has 5 heteroatoms. The number of hydrogen-bond donors (Lipinski definition) is 0. The molecule has 1 aliphatic rings. The summed E-state index contributed by atoms with van der Waals surface area (Å²) in [7, 11) is 0. The second kappa shape index (κ2) is 4.82. The van der Waals surface area contributed by atoms with Gasteiger partial charge in [0.05, 0.1) is 0 Å². The number of nitrogens with zero attached hydrogens (tertiary/aromatic N) is 3. The van der Waals surface area contributed by atoms with Gasteiger partial charge in [0, 0.05) is 34.4 Å². The second-order valence-corrected chi connectivity index (χ2v) is 5.74. The molecule has 15 heavy (non-hydrogen) atoms. The molecule has 0 spiro atoms. The zero-order valence-electron chi connectivity index (χ0n) is 8.53. The number of piperidine rings is 1. The third kappa shape index (κ3) is 2.72. The number of anilines is 1. The van der Waals surface area contributed by atoms with Crippen molar-refractivity contribution < 1.29 is 0 Å². The summed E-state index contributed by atoms with van der Waals surface area (Å²) in [6.07, 6.45) is 4.71. The molecule has 1 aliphatic heterocycles. The predicted octanol–water partition coefficient (Wildman–Crippen LogP) is 2.53. The molecule has 0 radical (unpaired) electrons. The minimum atomic E-state index is 0.296. The van der Waals surface area contributed by atoms with Crippen LogP contribution in [-0.2, 0) is 0 Å². The van der Waals surface area contributed by atoms with Gasteiger partial charge in [-0.1, -0.05) is 6.92 Å². The Morgan fingerprint density at radius 3 is 2.73 bits per heavy atom. The van der Waals surface area contributed by atoms with E-state index >= 15 is 0 Å². The smallest absolute Gasteiger partial charge is 0.225 e. The van der Waals surface area contributed by atoms with Crippen LogP contribution in [0.25, 0.3) is 0 Å². The lowest BCUT2D eigenvalue weighted by atomic mass is 10.00. The SMILES string of the molecule is CC1CN(c2ncc(I)cn2)CCC1Cl. The van der Waals surface area contributed by atoms with Gasteiger partial charge in [0.1, 0.15) is 0 Å². The van der Waals surface area contributed by atoms with Crippen molar-refractivity contribution in [3.8, 4) is 0 Å². The van der Waals surface area contributed by atoms with E-state index in [9.17, 15) is 0 Å². The van der Waals surface area contributed by atoms with Gasteiger partial charge < -0.3 is 4.90 Å². The van der Waals surface area contributed by atoms with Crippen molar-refractivity contribution in [1.82, 2.24) is 9.97 Å². The van der Waals surface area contributed by atoms with Gasteiger partial charge in [0.15, 0.2) is 0 Å². The summed E-state index contributed by atoms with van der Waals surface area (Å²) >= 11 is 8.39. The molecular weight excluding hydrogens is 324 g/mol. The number of alkyl halides is 1. The van der Waals surface area contributed by atoms with Crippen LogP contribution < -0.4 is 4.90 Å². The molecule has 1 aromatic heterocycles. The highest BCUT2D eigenvalue weighted by atomic mass is 127. The molecule has 0 bridgehead atoms. The van der Waals surface area contributed by atoms with Crippen molar-refractivity contribution in [2.75, 3.05) is 18.0 Å².